The second-order valence-corrected chi connectivity index (χ2v) is 8.82. The van der Waals surface area contributed by atoms with E-state index < -0.39 is 22.4 Å². The first-order valence-corrected chi connectivity index (χ1v) is 10.9. The molecule has 0 unspecified atom stereocenters. The topological polar surface area (TPSA) is 113 Å². The Kier molecular flexibility index (Phi) is 5.69. The molecule has 3 amide bonds. The van der Waals surface area contributed by atoms with Crippen molar-refractivity contribution in [2.75, 3.05) is 10.7 Å². The maximum absolute atomic E-state index is 12.4. The Morgan fingerprint density at radius 2 is 1.80 bits per heavy atom. The Labute approximate surface area is 180 Å². The van der Waals surface area contributed by atoms with Crippen LogP contribution in [0.3, 0.4) is 0 Å². The molecule has 2 aliphatic heterocycles. The number of benzene rings is 2. The fraction of sp³-hybridized carbons (Fsp3) is 0.200. The van der Waals surface area contributed by atoms with E-state index in [2.05, 4.69) is 5.32 Å². The number of rotatable bonds is 5. The zero-order valence-corrected chi connectivity index (χ0v) is 17.1. The molecular formula is C20H16N2O6S2. The third-order valence-electron chi connectivity index (χ3n) is 4.51. The molecule has 2 atom stereocenters. The monoisotopic (exact) mass is 444 g/mol. The Morgan fingerprint density at radius 3 is 2.43 bits per heavy atom. The van der Waals surface area contributed by atoms with Gasteiger partial charge in [-0.25, -0.2) is 0 Å². The summed E-state index contributed by atoms with van der Waals surface area (Å²) in [7, 11) is 0. The van der Waals surface area contributed by atoms with E-state index in [1.807, 2.05) is 0 Å². The van der Waals surface area contributed by atoms with Gasteiger partial charge in [0, 0.05) is 5.69 Å². The number of hydrogen-bond donors (Lipinski definition) is 2. The molecule has 154 valence electrons. The highest BCUT2D eigenvalue weighted by Crippen LogP contribution is 2.42. The van der Waals surface area contributed by atoms with Gasteiger partial charge in [-0.1, -0.05) is 23.9 Å². The number of esters is 1. The number of carbonyl (C=O) groups excluding carboxylic acids is 4. The summed E-state index contributed by atoms with van der Waals surface area (Å²) in [4.78, 5) is 48.8. The number of thioether (sulfide) groups is 2. The van der Waals surface area contributed by atoms with E-state index in [-0.39, 0.29) is 23.5 Å². The first-order valence-electron chi connectivity index (χ1n) is 8.95. The van der Waals surface area contributed by atoms with Crippen LogP contribution in [0.4, 0.5) is 10.5 Å². The molecule has 8 nitrogen and oxygen atoms in total. The average Bonchev–Trinajstić information content (AvgIpc) is 3.24. The van der Waals surface area contributed by atoms with Crippen molar-refractivity contribution in [1.82, 2.24) is 5.32 Å². The molecule has 2 saturated heterocycles. The molecule has 30 heavy (non-hydrogen) atoms. The van der Waals surface area contributed by atoms with E-state index in [1.54, 1.807) is 41.3 Å². The van der Waals surface area contributed by atoms with Gasteiger partial charge in [0.25, 0.3) is 5.24 Å². The Hall–Kier alpha value is -2.98. The van der Waals surface area contributed by atoms with Gasteiger partial charge in [-0.2, -0.15) is 0 Å². The number of hydrogen-bond acceptors (Lipinski definition) is 8. The third-order valence-corrected chi connectivity index (χ3v) is 6.71. The number of nitrogens with one attached hydrogen (secondary N) is 1. The minimum atomic E-state index is -0.774. The number of phenols is 1. The van der Waals surface area contributed by atoms with Crippen molar-refractivity contribution in [3.63, 3.8) is 0 Å². The molecule has 2 aromatic carbocycles. The molecule has 2 heterocycles. The van der Waals surface area contributed by atoms with Gasteiger partial charge < -0.3 is 9.84 Å². The highest BCUT2D eigenvalue weighted by molar-refractivity contribution is 8.15. The lowest BCUT2D eigenvalue weighted by Crippen LogP contribution is -2.27. The summed E-state index contributed by atoms with van der Waals surface area (Å²) in [5.41, 5.74) is 1.54. The Bertz CT molecular complexity index is 1010. The van der Waals surface area contributed by atoms with Gasteiger partial charge in [0.15, 0.2) is 0 Å². The van der Waals surface area contributed by atoms with Crippen molar-refractivity contribution in [3.8, 4) is 11.5 Å². The molecule has 0 aliphatic carbocycles. The van der Waals surface area contributed by atoms with E-state index in [1.165, 1.54) is 23.9 Å². The highest BCUT2D eigenvalue weighted by atomic mass is 32.2. The van der Waals surface area contributed by atoms with Crippen LogP contribution >= 0.6 is 23.5 Å². The van der Waals surface area contributed by atoms with Gasteiger partial charge >= 0.3 is 5.97 Å². The van der Waals surface area contributed by atoms with Crippen LogP contribution in [0.1, 0.15) is 17.4 Å². The number of imide groups is 1. The SMILES string of the molecule is O=C(C[C@@H]1SC(=O)NC1=O)Oc1ccc([C@H]2SCC(=O)N2c2ccc(O)cc2)cc1. The van der Waals surface area contributed by atoms with E-state index in [0.29, 0.717) is 17.2 Å². The molecule has 2 aliphatic rings. The Balaban J connectivity index is 1.43. The molecule has 2 aromatic rings. The smallest absolute Gasteiger partial charge is 0.312 e. The number of anilines is 1. The first-order chi connectivity index (χ1) is 14.4. The van der Waals surface area contributed by atoms with E-state index >= 15 is 0 Å². The summed E-state index contributed by atoms with van der Waals surface area (Å²) in [6.07, 6.45) is -0.203. The molecular weight excluding hydrogens is 428 g/mol. The van der Waals surface area contributed by atoms with Gasteiger partial charge in [0.1, 0.15) is 22.1 Å². The number of phenolic OH excluding ortho intramolecular Hbond substituents is 1. The molecule has 0 aromatic heterocycles. The predicted molar refractivity (Wildman–Crippen MR) is 112 cm³/mol. The van der Waals surface area contributed by atoms with E-state index in [4.69, 9.17) is 4.74 Å². The molecule has 0 radical (unpaired) electrons. The normalized spacial score (nSPS) is 21.1. The quantitative estimate of drug-likeness (QED) is 0.535. The zero-order valence-electron chi connectivity index (χ0n) is 15.4. The van der Waals surface area contributed by atoms with E-state index in [9.17, 15) is 24.3 Å². The van der Waals surface area contributed by atoms with Crippen molar-refractivity contribution < 1.29 is 29.0 Å². The van der Waals surface area contributed by atoms with Crippen LogP contribution in [-0.4, -0.2) is 39.1 Å². The van der Waals surface area contributed by atoms with Crippen molar-refractivity contribution in [2.45, 2.75) is 17.0 Å². The van der Waals surface area contributed by atoms with Crippen molar-refractivity contribution >= 4 is 52.2 Å². The summed E-state index contributed by atoms with van der Waals surface area (Å²) in [5, 5.41) is 10.1. The fourth-order valence-electron chi connectivity index (χ4n) is 3.12. The van der Waals surface area contributed by atoms with Crippen LogP contribution in [0.25, 0.3) is 0 Å². The van der Waals surface area contributed by atoms with Gasteiger partial charge in [-0.15, -0.1) is 11.8 Å². The van der Waals surface area contributed by atoms with Gasteiger partial charge in [-0.05, 0) is 42.0 Å². The molecule has 4 rings (SSSR count). The molecule has 0 spiro atoms. The summed E-state index contributed by atoms with van der Waals surface area (Å²) >= 11 is 2.25. The lowest BCUT2D eigenvalue weighted by atomic mass is 10.1. The molecule has 2 fully saturated rings. The van der Waals surface area contributed by atoms with Gasteiger partial charge in [0.2, 0.25) is 11.8 Å². The maximum Gasteiger partial charge on any atom is 0.312 e. The van der Waals surface area contributed by atoms with Crippen LogP contribution in [0.5, 0.6) is 11.5 Å². The number of carbonyl (C=O) groups is 4. The minimum absolute atomic E-state index is 0.0342. The predicted octanol–water partition coefficient (Wildman–Crippen LogP) is 2.82. The van der Waals surface area contributed by atoms with Gasteiger partial charge in [-0.3, -0.25) is 29.4 Å². The largest absolute Gasteiger partial charge is 0.508 e. The van der Waals surface area contributed by atoms with Crippen LogP contribution in [0, 0.1) is 0 Å². The molecule has 0 saturated carbocycles. The second kappa shape index (κ2) is 8.41. The molecule has 2 N–H and O–H groups in total. The van der Waals surface area contributed by atoms with Crippen molar-refractivity contribution in [1.29, 1.82) is 0 Å². The number of amides is 3. The first kappa shape index (κ1) is 20.3. The average molecular weight is 444 g/mol. The number of aromatic hydroxyl groups is 1. The van der Waals surface area contributed by atoms with Crippen molar-refractivity contribution in [3.05, 3.63) is 54.1 Å². The lowest BCUT2D eigenvalue weighted by Gasteiger charge is -2.24. The van der Waals surface area contributed by atoms with Gasteiger partial charge in [0.05, 0.1) is 12.2 Å². The molecule has 10 heteroatoms. The Morgan fingerprint density at radius 1 is 1.10 bits per heavy atom. The van der Waals surface area contributed by atoms with E-state index in [0.717, 1.165) is 17.3 Å². The minimum Gasteiger partial charge on any atom is -0.508 e. The summed E-state index contributed by atoms with van der Waals surface area (Å²) in [6.45, 7) is 0. The van der Waals surface area contributed by atoms with Crippen LogP contribution in [0.15, 0.2) is 48.5 Å². The van der Waals surface area contributed by atoms with Crippen LogP contribution < -0.4 is 15.0 Å². The van der Waals surface area contributed by atoms with Crippen LogP contribution in [0.2, 0.25) is 0 Å². The highest BCUT2D eigenvalue weighted by Gasteiger charge is 2.35. The second-order valence-electron chi connectivity index (χ2n) is 6.57. The van der Waals surface area contributed by atoms with Crippen LogP contribution in [-0.2, 0) is 14.4 Å². The number of ether oxygens (including phenoxy) is 1. The number of nitrogens with zero attached hydrogens (tertiary/aromatic N) is 1. The third kappa shape index (κ3) is 4.29. The fourth-order valence-corrected chi connectivity index (χ4v) is 5.10. The maximum atomic E-state index is 12.4. The standard InChI is InChI=1S/C20H16N2O6S2/c23-13-5-3-12(4-6-13)22-16(24)10-29-19(22)11-1-7-14(8-2-11)28-17(25)9-15-18(26)21-20(27)30-15/h1-8,15,19,23H,9-10H2,(H,21,26,27)/t15-,19+/m0/s1. The summed E-state index contributed by atoms with van der Waals surface area (Å²) in [5.74, 6) is -0.367. The summed E-state index contributed by atoms with van der Waals surface area (Å²) < 4.78 is 5.26. The summed E-state index contributed by atoms with van der Waals surface area (Å²) in [6, 6.07) is 13.2. The van der Waals surface area contributed by atoms with Crippen molar-refractivity contribution in [2.24, 2.45) is 0 Å². The lowest BCUT2D eigenvalue weighted by molar-refractivity contribution is -0.135. The zero-order chi connectivity index (χ0) is 21.3. The molecule has 0 bridgehead atoms.